The quantitative estimate of drug-likeness (QED) is 0.111. The second-order valence-corrected chi connectivity index (χ2v) is 16.9. The number of carbonyl (C=O) groups excluding carboxylic acids is 2. The molecule has 2 fully saturated rings. The zero-order valence-corrected chi connectivity index (χ0v) is 36.0. The van der Waals surface area contributed by atoms with Gasteiger partial charge in [-0.25, -0.2) is 8.78 Å². The summed E-state index contributed by atoms with van der Waals surface area (Å²) in [5.41, 5.74) is 2.51. The van der Waals surface area contributed by atoms with Gasteiger partial charge in [-0.15, -0.1) is 0 Å². The summed E-state index contributed by atoms with van der Waals surface area (Å²) in [5, 5.41) is 19.6. The van der Waals surface area contributed by atoms with E-state index in [1.54, 1.807) is 54.4 Å². The summed E-state index contributed by atoms with van der Waals surface area (Å²) in [5.74, 6) is 4.84. The second kappa shape index (κ2) is 18.9. The van der Waals surface area contributed by atoms with E-state index in [9.17, 15) is 32.3 Å². The maximum absolute atomic E-state index is 16.5. The van der Waals surface area contributed by atoms with Crippen molar-refractivity contribution in [1.82, 2.24) is 20.1 Å². The molecule has 0 saturated carbocycles. The number of methoxy groups -OCH3 is 1. The number of nitrogens with zero attached hydrogens (tertiary/aromatic N) is 4. The van der Waals surface area contributed by atoms with Crippen LogP contribution in [0.1, 0.15) is 48.3 Å². The Morgan fingerprint density at radius 3 is 2.56 bits per heavy atom. The molecule has 0 radical (unpaired) electrons. The third-order valence-corrected chi connectivity index (χ3v) is 12.1. The van der Waals surface area contributed by atoms with Gasteiger partial charge in [0, 0.05) is 55.9 Å². The molecule has 0 unspecified atom stereocenters. The number of amides is 2. The summed E-state index contributed by atoms with van der Waals surface area (Å²) in [6, 6.07) is 12.6. The molecule has 0 spiro atoms. The lowest BCUT2D eigenvalue weighted by Crippen LogP contribution is -2.54. The third kappa shape index (κ3) is 10.1. The number of aliphatic hydroxyl groups is 1. The molecule has 5 atom stereocenters. The molecule has 0 aliphatic carbocycles. The van der Waals surface area contributed by atoms with Crippen molar-refractivity contribution in [1.29, 1.82) is 0 Å². The predicted molar refractivity (Wildman–Crippen MR) is 232 cm³/mol. The zero-order valence-electron chi connectivity index (χ0n) is 36.0. The van der Waals surface area contributed by atoms with E-state index < -0.39 is 48.7 Å². The molecule has 4 heterocycles. The molecular formula is C46H54F5N7O5. The molecule has 3 aliphatic heterocycles. The average molecular weight is 880 g/mol. The van der Waals surface area contributed by atoms with Crippen molar-refractivity contribution in [2.24, 2.45) is 5.92 Å². The van der Waals surface area contributed by atoms with Gasteiger partial charge in [0.15, 0.2) is 17.3 Å². The van der Waals surface area contributed by atoms with Crippen LogP contribution in [0.15, 0.2) is 54.6 Å². The van der Waals surface area contributed by atoms with Crippen LogP contribution in [0.4, 0.5) is 39.0 Å². The highest BCUT2D eigenvalue weighted by molar-refractivity contribution is 5.95. The number of fused-ring (bicyclic) bond motifs is 2. The number of rotatable bonds is 11. The smallest absolute Gasteiger partial charge is 0.406 e. The van der Waals surface area contributed by atoms with Crippen LogP contribution in [0.25, 0.3) is 10.9 Å². The number of benzene rings is 3. The fourth-order valence-electron chi connectivity index (χ4n) is 8.98. The Labute approximate surface area is 363 Å². The van der Waals surface area contributed by atoms with Crippen LogP contribution < -0.4 is 35.2 Å². The fraction of sp³-hybridized carbons (Fsp3) is 0.478. The van der Waals surface area contributed by atoms with Gasteiger partial charge in [0.05, 0.1) is 48.4 Å². The van der Waals surface area contributed by atoms with E-state index >= 15 is 4.39 Å². The fourth-order valence-corrected chi connectivity index (χ4v) is 8.98. The largest absolute Gasteiger partial charge is 0.493 e. The lowest BCUT2D eigenvalue weighted by Gasteiger charge is -2.38. The van der Waals surface area contributed by atoms with Crippen molar-refractivity contribution in [3.05, 3.63) is 77.2 Å². The number of ether oxygens (including phenoxy) is 2. The summed E-state index contributed by atoms with van der Waals surface area (Å²) in [7, 11) is 4.98. The molecule has 4 N–H and O–H groups in total. The number of anilines is 3. The molecule has 17 heteroatoms. The lowest BCUT2D eigenvalue weighted by atomic mass is 9.94. The number of alkyl halides is 4. The van der Waals surface area contributed by atoms with Crippen molar-refractivity contribution in [3.8, 4) is 23.3 Å². The van der Waals surface area contributed by atoms with E-state index in [1.807, 2.05) is 36.8 Å². The molecule has 7 rings (SSSR count). The van der Waals surface area contributed by atoms with Crippen LogP contribution >= 0.6 is 0 Å². The first-order valence-corrected chi connectivity index (χ1v) is 21.1. The van der Waals surface area contributed by atoms with Crippen LogP contribution in [0.3, 0.4) is 0 Å². The molecule has 338 valence electrons. The van der Waals surface area contributed by atoms with Crippen molar-refractivity contribution >= 4 is 39.8 Å². The van der Waals surface area contributed by atoms with Gasteiger partial charge in [0.25, 0.3) is 5.91 Å². The lowest BCUT2D eigenvalue weighted by molar-refractivity contribution is -0.140. The Hall–Kier alpha value is -5.73. The second-order valence-electron chi connectivity index (χ2n) is 16.9. The SMILES string of the molecule is COc1ccc(C(=O)N[C@@H]2CCN(c3ccc4c(c3F)N(C)[C@@H](C(C)C)C(=O)N[C@H](CO)C4)C2)cc1OCC#Cc1cc2c(N[C@@H]3CCN(C)C[C@@H]3F)cccc2n1CC(F)(F)F. The summed E-state index contributed by atoms with van der Waals surface area (Å²) in [6.07, 6.45) is -4.35. The predicted octanol–water partition coefficient (Wildman–Crippen LogP) is 5.74. The number of piperidine rings is 1. The highest BCUT2D eigenvalue weighted by Gasteiger charge is 2.36. The van der Waals surface area contributed by atoms with E-state index in [-0.39, 0.29) is 61.1 Å². The normalized spacial score (nSPS) is 21.9. The van der Waals surface area contributed by atoms with E-state index in [2.05, 4.69) is 27.8 Å². The minimum absolute atomic E-state index is 0.0989. The summed E-state index contributed by atoms with van der Waals surface area (Å²) >= 11 is 0. The number of aromatic nitrogens is 1. The molecular weight excluding hydrogens is 826 g/mol. The number of hydrogen-bond donors (Lipinski definition) is 4. The average Bonchev–Trinajstić information content (AvgIpc) is 3.83. The molecule has 2 amide bonds. The maximum Gasteiger partial charge on any atom is 0.406 e. The van der Waals surface area contributed by atoms with Crippen molar-refractivity contribution in [2.45, 2.75) is 76.2 Å². The highest BCUT2D eigenvalue weighted by Crippen LogP contribution is 2.37. The van der Waals surface area contributed by atoms with Crippen molar-refractivity contribution in [2.75, 3.05) is 75.7 Å². The first-order valence-electron chi connectivity index (χ1n) is 21.1. The topological polar surface area (TPSA) is 124 Å². The Kier molecular flexibility index (Phi) is 13.6. The van der Waals surface area contributed by atoms with Crippen molar-refractivity contribution < 1.29 is 46.1 Å². The number of likely N-dealkylation sites (N-methyl/N-ethyl adjacent to an activating group) is 1. The standard InChI is InChI=1S/C46H54F5N7O5/c1-27(2)42-45(61)53-31(25-59)20-28-11-13-38(41(48)43(28)56(42)4)57-18-15-30(23-57)52-44(60)29-12-14-39(62-5)40(21-29)63-19-7-8-32-22-33-35(54-36-16-17-55(3)24-34(36)47)9-6-10-37(33)58(32)26-46(49,50)51/h6,9-14,21-22,27,30-31,34,36,42,54,59H,15-20,23-26H2,1-5H3,(H,52,60)(H,53,61)/t30-,31+,34+,36-,42+/m1/s1. The van der Waals surface area contributed by atoms with Gasteiger partial charge in [-0.3, -0.25) is 9.59 Å². The molecule has 2 saturated heterocycles. The van der Waals surface area contributed by atoms with Gasteiger partial charge < -0.3 is 49.8 Å². The van der Waals surface area contributed by atoms with E-state index in [0.29, 0.717) is 71.8 Å². The number of likely N-dealkylation sites (tertiary alicyclic amines) is 1. The number of hydrogen-bond acceptors (Lipinski definition) is 9. The number of halogens is 5. The molecule has 63 heavy (non-hydrogen) atoms. The molecule has 3 aliphatic rings. The first-order chi connectivity index (χ1) is 30.0. The Morgan fingerprint density at radius 2 is 1.84 bits per heavy atom. The van der Waals surface area contributed by atoms with Crippen molar-refractivity contribution in [3.63, 3.8) is 0 Å². The summed E-state index contributed by atoms with van der Waals surface area (Å²) < 4.78 is 85.4. The van der Waals surface area contributed by atoms with E-state index in [0.717, 1.165) is 4.57 Å². The zero-order chi connectivity index (χ0) is 45.2. The molecule has 1 aromatic heterocycles. The number of carbonyl (C=O) groups is 2. The van der Waals surface area contributed by atoms with E-state index in [1.165, 1.54) is 13.2 Å². The summed E-state index contributed by atoms with van der Waals surface area (Å²) in [4.78, 5) is 32.2. The summed E-state index contributed by atoms with van der Waals surface area (Å²) in [6.45, 7) is 3.70. The molecule has 3 aromatic carbocycles. The van der Waals surface area contributed by atoms with Crippen LogP contribution in [0, 0.1) is 23.6 Å². The molecule has 4 aromatic rings. The number of aliphatic hydroxyl groups excluding tert-OH is 1. The van der Waals surface area contributed by atoms with Crippen LogP contribution in [0.2, 0.25) is 0 Å². The minimum atomic E-state index is -4.54. The molecule has 0 bridgehead atoms. The monoisotopic (exact) mass is 879 g/mol. The minimum Gasteiger partial charge on any atom is -0.493 e. The van der Waals surface area contributed by atoms with E-state index in [4.69, 9.17) is 9.47 Å². The van der Waals surface area contributed by atoms with Gasteiger partial charge in [-0.2, -0.15) is 13.2 Å². The van der Waals surface area contributed by atoms with Gasteiger partial charge in [-0.1, -0.05) is 31.9 Å². The highest BCUT2D eigenvalue weighted by atomic mass is 19.4. The molecule has 12 nitrogen and oxygen atoms in total. The Bertz CT molecular complexity index is 2380. The first kappa shape index (κ1) is 45.3. The van der Waals surface area contributed by atoms with Crippen LogP contribution in [0.5, 0.6) is 11.5 Å². The third-order valence-electron chi connectivity index (χ3n) is 12.1. The van der Waals surface area contributed by atoms with Gasteiger partial charge in [-0.05, 0) is 86.2 Å². The Balaban J connectivity index is 1.04. The Morgan fingerprint density at radius 1 is 1.05 bits per heavy atom. The number of nitrogens with one attached hydrogen (secondary N) is 3. The van der Waals surface area contributed by atoms with Gasteiger partial charge in [0.1, 0.15) is 25.4 Å². The van der Waals surface area contributed by atoms with Gasteiger partial charge >= 0.3 is 6.18 Å². The van der Waals surface area contributed by atoms with Gasteiger partial charge in [0.2, 0.25) is 5.91 Å². The van der Waals surface area contributed by atoms with Crippen LogP contribution in [-0.2, 0) is 17.8 Å². The maximum atomic E-state index is 16.5. The van der Waals surface area contributed by atoms with Crippen LogP contribution in [-0.4, -0.2) is 124 Å².